The Hall–Kier alpha value is -3.09. The monoisotopic (exact) mass is 361 g/mol. The van der Waals surface area contributed by atoms with E-state index in [4.69, 9.17) is 4.74 Å². The number of ketones is 1. The number of carbonyl (C=O) groups is 3. The number of aryl methyl sites for hydroxylation is 1. The van der Waals surface area contributed by atoms with Crippen LogP contribution in [0.2, 0.25) is 0 Å². The fraction of sp³-hybridized carbons (Fsp3) is 0.211. The Kier molecular flexibility index (Phi) is 6.54. The molecule has 26 heavy (non-hydrogen) atoms. The van der Waals surface area contributed by atoms with E-state index >= 15 is 0 Å². The lowest BCUT2D eigenvalue weighted by Gasteiger charge is -2.09. The minimum Gasteiger partial charge on any atom is -0.456 e. The highest BCUT2D eigenvalue weighted by atomic mass is 19.1. The Morgan fingerprint density at radius 1 is 0.962 bits per heavy atom. The largest absolute Gasteiger partial charge is 0.456 e. The average Bonchev–Trinajstić information content (AvgIpc) is 2.61. The number of ether oxygens (including phenoxy) is 1. The number of hydrogen-bond acceptors (Lipinski definition) is 4. The second kappa shape index (κ2) is 8.84. The zero-order valence-electron chi connectivity index (χ0n) is 14.1. The summed E-state index contributed by atoms with van der Waals surface area (Å²) < 4.78 is 30.8. The Balaban J connectivity index is 1.75. The van der Waals surface area contributed by atoms with Crippen molar-refractivity contribution >= 4 is 23.3 Å². The summed E-state index contributed by atoms with van der Waals surface area (Å²) in [6.07, 6.45) is -0.322. The summed E-state index contributed by atoms with van der Waals surface area (Å²) in [6.45, 7) is 1.15. The number of benzene rings is 2. The smallest absolute Gasteiger partial charge is 0.306 e. The molecule has 7 heteroatoms. The molecular formula is C19H17F2NO4. The fourth-order valence-corrected chi connectivity index (χ4v) is 2.13. The molecule has 0 fully saturated rings. The van der Waals surface area contributed by atoms with Crippen LogP contribution in [0.25, 0.3) is 0 Å². The van der Waals surface area contributed by atoms with E-state index in [1.54, 1.807) is 6.92 Å². The van der Waals surface area contributed by atoms with Crippen LogP contribution < -0.4 is 5.32 Å². The van der Waals surface area contributed by atoms with Crippen LogP contribution in [0.15, 0.2) is 42.5 Å². The number of halogens is 2. The van der Waals surface area contributed by atoms with Gasteiger partial charge in [0.15, 0.2) is 12.4 Å². The van der Waals surface area contributed by atoms with Gasteiger partial charge in [-0.15, -0.1) is 0 Å². The second-order valence-corrected chi connectivity index (χ2v) is 5.60. The predicted molar refractivity (Wildman–Crippen MR) is 90.7 cm³/mol. The van der Waals surface area contributed by atoms with Crippen molar-refractivity contribution in [3.05, 3.63) is 65.2 Å². The normalized spacial score (nSPS) is 10.3. The van der Waals surface area contributed by atoms with Gasteiger partial charge >= 0.3 is 5.97 Å². The molecule has 1 N–H and O–H groups in total. The first kappa shape index (κ1) is 19.2. The first-order valence-corrected chi connectivity index (χ1v) is 7.85. The molecule has 0 heterocycles. The summed E-state index contributed by atoms with van der Waals surface area (Å²) in [5.74, 6) is -2.62. The molecule has 0 atom stereocenters. The maximum Gasteiger partial charge on any atom is 0.306 e. The summed E-state index contributed by atoms with van der Waals surface area (Å²) in [6, 6.07) is 8.92. The van der Waals surface area contributed by atoms with Gasteiger partial charge in [0.1, 0.15) is 11.6 Å². The van der Waals surface area contributed by atoms with E-state index in [1.807, 2.05) is 0 Å². The second-order valence-electron chi connectivity index (χ2n) is 5.60. The Morgan fingerprint density at radius 2 is 1.62 bits per heavy atom. The highest BCUT2D eigenvalue weighted by Crippen LogP contribution is 2.15. The number of amides is 1. The van der Waals surface area contributed by atoms with Gasteiger partial charge in [-0.25, -0.2) is 8.78 Å². The number of anilines is 1. The molecule has 0 unspecified atom stereocenters. The number of esters is 1. The van der Waals surface area contributed by atoms with Crippen LogP contribution in [0.3, 0.4) is 0 Å². The van der Waals surface area contributed by atoms with Crippen LogP contribution in [0, 0.1) is 18.6 Å². The van der Waals surface area contributed by atoms with Gasteiger partial charge in [-0.3, -0.25) is 14.4 Å². The summed E-state index contributed by atoms with van der Waals surface area (Å²) >= 11 is 0. The molecule has 0 aliphatic heterocycles. The third-order valence-electron chi connectivity index (χ3n) is 3.56. The molecule has 0 saturated carbocycles. The molecule has 2 aromatic rings. The summed E-state index contributed by atoms with van der Waals surface area (Å²) in [5.41, 5.74) is 1.24. The molecule has 0 radical (unpaired) electrons. The number of carbonyl (C=O) groups excluding carboxylic acids is 3. The summed E-state index contributed by atoms with van der Waals surface area (Å²) in [7, 11) is 0. The van der Waals surface area contributed by atoms with Crippen molar-refractivity contribution in [3.63, 3.8) is 0 Å². The number of nitrogens with one attached hydrogen (secondary N) is 1. The lowest BCUT2D eigenvalue weighted by Crippen LogP contribution is -2.21. The van der Waals surface area contributed by atoms with Gasteiger partial charge in [-0.1, -0.05) is 6.07 Å². The summed E-state index contributed by atoms with van der Waals surface area (Å²) in [4.78, 5) is 35.3. The molecule has 2 aromatic carbocycles. The quantitative estimate of drug-likeness (QED) is 0.606. The van der Waals surface area contributed by atoms with Crippen LogP contribution in [0.5, 0.6) is 0 Å². The molecule has 136 valence electrons. The molecular weight excluding hydrogens is 344 g/mol. The number of Topliss-reactive ketones (excluding diaryl/α,β-unsaturated/α-hetero) is 1. The maximum atomic E-state index is 13.2. The van der Waals surface area contributed by atoms with Gasteiger partial charge in [0, 0.05) is 17.7 Å². The molecule has 1 amide bonds. The minimum atomic E-state index is -0.716. The Bertz CT molecular complexity index is 819. The van der Waals surface area contributed by atoms with Gasteiger partial charge in [0.2, 0.25) is 0 Å². The van der Waals surface area contributed by atoms with Crippen LogP contribution in [0.4, 0.5) is 14.5 Å². The zero-order chi connectivity index (χ0) is 19.1. The zero-order valence-corrected chi connectivity index (χ0v) is 14.1. The average molecular weight is 361 g/mol. The van der Waals surface area contributed by atoms with E-state index in [-0.39, 0.29) is 24.3 Å². The fourth-order valence-electron chi connectivity index (χ4n) is 2.13. The maximum absolute atomic E-state index is 13.2. The van der Waals surface area contributed by atoms with E-state index in [9.17, 15) is 23.2 Å². The first-order valence-electron chi connectivity index (χ1n) is 7.85. The SMILES string of the molecule is Cc1ccc(F)cc1NC(=O)COC(=O)CCC(=O)c1ccc(F)cc1. The number of hydrogen-bond donors (Lipinski definition) is 1. The van der Waals surface area contributed by atoms with Crippen LogP contribution >= 0.6 is 0 Å². The Morgan fingerprint density at radius 3 is 2.31 bits per heavy atom. The predicted octanol–water partition coefficient (Wildman–Crippen LogP) is 3.42. The van der Waals surface area contributed by atoms with Crippen molar-refractivity contribution in [1.82, 2.24) is 0 Å². The van der Waals surface area contributed by atoms with E-state index in [0.29, 0.717) is 11.1 Å². The van der Waals surface area contributed by atoms with Gasteiger partial charge in [0.25, 0.3) is 5.91 Å². The van der Waals surface area contributed by atoms with Crippen molar-refractivity contribution in [3.8, 4) is 0 Å². The minimum absolute atomic E-state index is 0.116. The van der Waals surface area contributed by atoms with Gasteiger partial charge < -0.3 is 10.1 Å². The van der Waals surface area contributed by atoms with Crippen molar-refractivity contribution < 1.29 is 27.9 Å². The van der Waals surface area contributed by atoms with Gasteiger partial charge in [-0.05, 0) is 48.9 Å². The van der Waals surface area contributed by atoms with Crippen molar-refractivity contribution in [2.45, 2.75) is 19.8 Å². The molecule has 0 aliphatic carbocycles. The van der Waals surface area contributed by atoms with E-state index in [2.05, 4.69) is 5.32 Å². The number of rotatable bonds is 7. The standard InChI is InChI=1S/C19H17F2NO4/c1-12-2-5-15(21)10-16(12)22-18(24)11-26-19(25)9-8-17(23)13-3-6-14(20)7-4-13/h2-7,10H,8-9,11H2,1H3,(H,22,24). The third-order valence-corrected chi connectivity index (χ3v) is 3.56. The molecule has 0 bridgehead atoms. The highest BCUT2D eigenvalue weighted by Gasteiger charge is 2.13. The van der Waals surface area contributed by atoms with Crippen molar-refractivity contribution in [2.75, 3.05) is 11.9 Å². The van der Waals surface area contributed by atoms with Gasteiger partial charge in [-0.2, -0.15) is 0 Å². The van der Waals surface area contributed by atoms with E-state index in [0.717, 1.165) is 18.2 Å². The summed E-state index contributed by atoms with van der Waals surface area (Å²) in [5, 5.41) is 2.44. The first-order chi connectivity index (χ1) is 12.3. The molecule has 0 saturated heterocycles. The van der Waals surface area contributed by atoms with Crippen LogP contribution in [-0.4, -0.2) is 24.3 Å². The lowest BCUT2D eigenvalue weighted by atomic mass is 10.1. The molecule has 0 spiro atoms. The topological polar surface area (TPSA) is 72.5 Å². The molecule has 5 nitrogen and oxygen atoms in total. The van der Waals surface area contributed by atoms with Crippen molar-refractivity contribution in [1.29, 1.82) is 0 Å². The van der Waals surface area contributed by atoms with E-state index in [1.165, 1.54) is 24.3 Å². The van der Waals surface area contributed by atoms with Crippen molar-refractivity contribution in [2.24, 2.45) is 0 Å². The molecule has 0 aromatic heterocycles. The third kappa shape index (κ3) is 5.77. The highest BCUT2D eigenvalue weighted by molar-refractivity contribution is 5.98. The molecule has 0 aliphatic rings. The van der Waals surface area contributed by atoms with Gasteiger partial charge in [0.05, 0.1) is 6.42 Å². The Labute approximate surface area is 149 Å². The lowest BCUT2D eigenvalue weighted by molar-refractivity contribution is -0.147. The van der Waals surface area contributed by atoms with E-state index < -0.39 is 30.1 Å². The van der Waals surface area contributed by atoms with Crippen LogP contribution in [0.1, 0.15) is 28.8 Å². The van der Waals surface area contributed by atoms with Crippen LogP contribution in [-0.2, 0) is 14.3 Å². The molecule has 2 rings (SSSR count).